The second kappa shape index (κ2) is 6.04. The first kappa shape index (κ1) is 15.2. The first-order valence-corrected chi connectivity index (χ1v) is 7.53. The van der Waals surface area contributed by atoms with Gasteiger partial charge in [0.05, 0.1) is 17.7 Å². The van der Waals surface area contributed by atoms with Crippen molar-refractivity contribution in [2.24, 2.45) is 0 Å². The second-order valence-corrected chi connectivity index (χ2v) is 5.90. The highest BCUT2D eigenvalue weighted by molar-refractivity contribution is 7.87. The average Bonchev–Trinajstić information content (AvgIpc) is 2.47. The lowest BCUT2D eigenvalue weighted by Crippen LogP contribution is -2.10. The molecule has 0 aliphatic heterocycles. The zero-order valence-electron chi connectivity index (χ0n) is 10.9. The predicted molar refractivity (Wildman–Crippen MR) is 77.0 cm³/mol. The van der Waals surface area contributed by atoms with E-state index < -0.39 is 10.1 Å². The van der Waals surface area contributed by atoms with Crippen LogP contribution in [-0.2, 0) is 10.1 Å². The number of nitrogens with zero attached hydrogens (tertiary/aromatic N) is 1. The maximum absolute atomic E-state index is 12.2. The molecule has 2 aromatic rings. The molecule has 0 saturated heterocycles. The molecule has 5 nitrogen and oxygen atoms in total. The lowest BCUT2D eigenvalue weighted by molar-refractivity contribution is 0.390. The van der Waals surface area contributed by atoms with E-state index in [9.17, 15) is 8.42 Å². The van der Waals surface area contributed by atoms with Crippen LogP contribution in [0.3, 0.4) is 0 Å². The Morgan fingerprint density at radius 1 is 1.14 bits per heavy atom. The Labute approximate surface area is 127 Å². The highest BCUT2D eigenvalue weighted by Crippen LogP contribution is 2.30. The molecule has 0 amide bonds. The summed E-state index contributed by atoms with van der Waals surface area (Å²) in [6.07, 6.45) is 0. The van der Waals surface area contributed by atoms with Crippen molar-refractivity contribution in [1.82, 2.24) is 0 Å². The molecule has 0 aliphatic rings. The van der Waals surface area contributed by atoms with Crippen molar-refractivity contribution in [3.8, 4) is 17.6 Å². The first-order valence-electron chi connectivity index (χ1n) is 5.75. The molecule has 2 rings (SSSR count). The molecule has 0 atom stereocenters. The summed E-state index contributed by atoms with van der Waals surface area (Å²) in [4.78, 5) is -0.141. The number of hydrogen-bond donors (Lipinski definition) is 0. The Bertz CT molecular complexity index is 812. The molecule has 0 saturated carbocycles. The van der Waals surface area contributed by atoms with Gasteiger partial charge >= 0.3 is 10.1 Å². The van der Waals surface area contributed by atoms with Crippen LogP contribution in [0.2, 0.25) is 5.02 Å². The standard InChI is InChI=1S/C14H10ClNO4S/c1-19-13-4-2-3-5-14(13)20-21(17,18)11-7-6-10(9-16)12(15)8-11/h2-8H,1H3. The fourth-order valence-electron chi connectivity index (χ4n) is 1.60. The molecule has 0 radical (unpaired) electrons. The van der Waals surface area contributed by atoms with E-state index in [0.29, 0.717) is 5.75 Å². The number of ether oxygens (including phenoxy) is 1. The molecule has 0 aromatic heterocycles. The molecule has 0 bridgehead atoms. The van der Waals surface area contributed by atoms with E-state index in [1.54, 1.807) is 18.2 Å². The van der Waals surface area contributed by atoms with Crippen molar-refractivity contribution in [3.05, 3.63) is 53.1 Å². The number of nitriles is 1. The maximum Gasteiger partial charge on any atom is 0.339 e. The van der Waals surface area contributed by atoms with E-state index >= 15 is 0 Å². The Morgan fingerprint density at radius 2 is 1.81 bits per heavy atom. The Hall–Kier alpha value is -2.23. The fourth-order valence-corrected chi connectivity index (χ4v) is 2.85. The summed E-state index contributed by atoms with van der Waals surface area (Å²) in [6.45, 7) is 0. The smallest absolute Gasteiger partial charge is 0.339 e. The van der Waals surface area contributed by atoms with Crippen molar-refractivity contribution in [1.29, 1.82) is 5.26 Å². The number of hydrogen-bond acceptors (Lipinski definition) is 5. The third kappa shape index (κ3) is 3.27. The lowest BCUT2D eigenvalue weighted by atomic mass is 10.2. The normalized spacial score (nSPS) is 10.7. The number of rotatable bonds is 4. The van der Waals surface area contributed by atoms with Crippen LogP contribution in [-0.4, -0.2) is 15.5 Å². The summed E-state index contributed by atoms with van der Waals surface area (Å²) < 4.78 is 34.5. The molecule has 0 heterocycles. The molecule has 0 N–H and O–H groups in total. The summed E-state index contributed by atoms with van der Waals surface area (Å²) >= 11 is 5.83. The topological polar surface area (TPSA) is 76.4 Å². The molecular weight excluding hydrogens is 314 g/mol. The van der Waals surface area contributed by atoms with Crippen LogP contribution in [0, 0.1) is 11.3 Å². The van der Waals surface area contributed by atoms with E-state index in [0.717, 1.165) is 0 Å². The first-order chi connectivity index (χ1) is 9.97. The summed E-state index contributed by atoms with van der Waals surface area (Å²) in [5.74, 6) is 0.362. The van der Waals surface area contributed by atoms with Gasteiger partial charge in [0.25, 0.3) is 0 Å². The predicted octanol–water partition coefficient (Wildman–Crippen LogP) is 2.99. The fraction of sp³-hybridized carbons (Fsp3) is 0.0714. The minimum atomic E-state index is -4.07. The summed E-state index contributed by atoms with van der Waals surface area (Å²) in [7, 11) is -2.66. The molecule has 2 aromatic carbocycles. The Balaban J connectivity index is 2.39. The number of methoxy groups -OCH3 is 1. The van der Waals surface area contributed by atoms with Gasteiger partial charge in [0.1, 0.15) is 11.0 Å². The van der Waals surface area contributed by atoms with Gasteiger partial charge in [-0.2, -0.15) is 13.7 Å². The second-order valence-electron chi connectivity index (χ2n) is 3.94. The summed E-state index contributed by atoms with van der Waals surface area (Å²) in [5.41, 5.74) is 0.188. The molecule has 21 heavy (non-hydrogen) atoms. The van der Waals surface area contributed by atoms with Gasteiger partial charge in [0.2, 0.25) is 0 Å². The number of benzene rings is 2. The third-order valence-electron chi connectivity index (χ3n) is 2.62. The van der Waals surface area contributed by atoms with Crippen LogP contribution in [0.25, 0.3) is 0 Å². The van der Waals surface area contributed by atoms with Gasteiger partial charge in [-0.15, -0.1) is 0 Å². The van der Waals surface area contributed by atoms with Crippen LogP contribution in [0.1, 0.15) is 5.56 Å². The van der Waals surface area contributed by atoms with E-state index in [1.807, 2.05) is 6.07 Å². The minimum absolute atomic E-state index is 0.0437. The third-order valence-corrected chi connectivity index (χ3v) is 4.16. The molecule has 0 spiro atoms. The molecule has 108 valence electrons. The SMILES string of the molecule is COc1ccccc1OS(=O)(=O)c1ccc(C#N)c(Cl)c1. The Morgan fingerprint density at radius 3 is 2.38 bits per heavy atom. The van der Waals surface area contributed by atoms with Gasteiger partial charge in [-0.05, 0) is 30.3 Å². The zero-order valence-corrected chi connectivity index (χ0v) is 12.5. The van der Waals surface area contributed by atoms with Crippen LogP contribution in [0.15, 0.2) is 47.4 Å². The monoisotopic (exact) mass is 323 g/mol. The molecule has 0 aliphatic carbocycles. The summed E-state index contributed by atoms with van der Waals surface area (Å²) in [6, 6.07) is 12.0. The summed E-state index contributed by atoms with van der Waals surface area (Å²) in [5, 5.41) is 8.83. The van der Waals surface area contributed by atoms with Crippen molar-refractivity contribution in [2.45, 2.75) is 4.90 Å². The van der Waals surface area contributed by atoms with Crippen molar-refractivity contribution >= 4 is 21.7 Å². The van der Waals surface area contributed by atoms with Crippen molar-refractivity contribution in [2.75, 3.05) is 7.11 Å². The van der Waals surface area contributed by atoms with Gasteiger partial charge in [0, 0.05) is 0 Å². The van der Waals surface area contributed by atoms with Crippen molar-refractivity contribution < 1.29 is 17.3 Å². The van der Waals surface area contributed by atoms with Gasteiger partial charge in [0.15, 0.2) is 11.5 Å². The van der Waals surface area contributed by atoms with Crippen LogP contribution in [0.4, 0.5) is 0 Å². The molecular formula is C14H10ClNO4S. The van der Waals surface area contributed by atoms with E-state index in [2.05, 4.69) is 0 Å². The lowest BCUT2D eigenvalue weighted by Gasteiger charge is -2.10. The average molecular weight is 324 g/mol. The van der Waals surface area contributed by atoms with E-state index in [1.165, 1.54) is 31.4 Å². The maximum atomic E-state index is 12.2. The zero-order chi connectivity index (χ0) is 15.5. The van der Waals surface area contributed by atoms with Gasteiger partial charge in [-0.25, -0.2) is 0 Å². The van der Waals surface area contributed by atoms with Gasteiger partial charge < -0.3 is 8.92 Å². The highest BCUT2D eigenvalue weighted by Gasteiger charge is 2.20. The van der Waals surface area contributed by atoms with Gasteiger partial charge in [-0.3, -0.25) is 0 Å². The van der Waals surface area contributed by atoms with Crippen molar-refractivity contribution in [3.63, 3.8) is 0 Å². The van der Waals surface area contributed by atoms with E-state index in [4.69, 9.17) is 25.8 Å². The quantitative estimate of drug-likeness (QED) is 0.808. The number of para-hydroxylation sites is 2. The van der Waals surface area contributed by atoms with Crippen LogP contribution < -0.4 is 8.92 Å². The largest absolute Gasteiger partial charge is 0.493 e. The van der Waals surface area contributed by atoms with E-state index in [-0.39, 0.29) is 21.2 Å². The van der Waals surface area contributed by atoms with Gasteiger partial charge in [-0.1, -0.05) is 23.7 Å². The molecule has 0 unspecified atom stereocenters. The molecule has 0 fully saturated rings. The minimum Gasteiger partial charge on any atom is -0.493 e. The van der Waals surface area contributed by atoms with Crippen LogP contribution in [0.5, 0.6) is 11.5 Å². The highest BCUT2D eigenvalue weighted by atomic mass is 35.5. The van der Waals surface area contributed by atoms with Crippen LogP contribution >= 0.6 is 11.6 Å². The number of halogens is 1. The Kier molecular flexibility index (Phi) is 4.36. The molecule has 7 heteroatoms.